The second-order valence-corrected chi connectivity index (χ2v) is 4.61. The number of rotatable bonds is 3. The van der Waals surface area contributed by atoms with Crippen LogP contribution in [0, 0.1) is 6.92 Å². The standard InChI is InChI=1S/C15H14N2O2/c1-9-8-16-14(12(19)6-7-18)15-13(9)10-4-2-3-5-11(10)17-15/h2-5,8,17-18H,6-7H2,1H3. The van der Waals surface area contributed by atoms with Crippen molar-refractivity contribution in [2.45, 2.75) is 13.3 Å². The van der Waals surface area contributed by atoms with Crippen molar-refractivity contribution in [3.05, 3.63) is 41.7 Å². The van der Waals surface area contributed by atoms with Gasteiger partial charge in [0.1, 0.15) is 5.69 Å². The highest BCUT2D eigenvalue weighted by Crippen LogP contribution is 2.29. The number of hydrogen-bond acceptors (Lipinski definition) is 3. The average molecular weight is 254 g/mol. The molecule has 0 atom stereocenters. The molecule has 0 spiro atoms. The van der Waals surface area contributed by atoms with Crippen LogP contribution in [-0.4, -0.2) is 27.5 Å². The van der Waals surface area contributed by atoms with Gasteiger partial charge in [0.25, 0.3) is 0 Å². The number of aromatic nitrogens is 2. The normalized spacial score (nSPS) is 11.3. The highest BCUT2D eigenvalue weighted by atomic mass is 16.3. The van der Waals surface area contributed by atoms with Gasteiger partial charge < -0.3 is 10.1 Å². The van der Waals surface area contributed by atoms with Gasteiger partial charge in [0.05, 0.1) is 12.1 Å². The molecule has 1 aromatic carbocycles. The highest BCUT2D eigenvalue weighted by molar-refractivity contribution is 6.15. The minimum atomic E-state index is -0.157. The molecule has 4 heteroatoms. The number of para-hydroxylation sites is 1. The number of aliphatic hydroxyl groups is 1. The zero-order chi connectivity index (χ0) is 13.4. The fraction of sp³-hybridized carbons (Fsp3) is 0.200. The van der Waals surface area contributed by atoms with E-state index in [1.165, 1.54) is 0 Å². The second kappa shape index (κ2) is 4.48. The van der Waals surface area contributed by atoms with Crippen LogP contribution < -0.4 is 0 Å². The fourth-order valence-corrected chi connectivity index (χ4v) is 2.45. The van der Waals surface area contributed by atoms with Gasteiger partial charge in [-0.05, 0) is 18.6 Å². The molecule has 2 heterocycles. The molecular formula is C15H14N2O2. The van der Waals surface area contributed by atoms with E-state index >= 15 is 0 Å². The maximum absolute atomic E-state index is 12.0. The van der Waals surface area contributed by atoms with Crippen LogP contribution >= 0.6 is 0 Å². The lowest BCUT2D eigenvalue weighted by atomic mass is 10.1. The van der Waals surface area contributed by atoms with Crippen LogP contribution in [0.2, 0.25) is 0 Å². The molecule has 0 fully saturated rings. The number of benzene rings is 1. The summed E-state index contributed by atoms with van der Waals surface area (Å²) in [6.07, 6.45) is 1.81. The first kappa shape index (κ1) is 11.9. The van der Waals surface area contributed by atoms with E-state index in [9.17, 15) is 4.79 Å². The molecule has 0 saturated carbocycles. The molecule has 0 aliphatic heterocycles. The summed E-state index contributed by atoms with van der Waals surface area (Å²) in [5.41, 5.74) is 3.20. The Labute approximate surface area is 110 Å². The number of aryl methyl sites for hydroxylation is 1. The van der Waals surface area contributed by atoms with Crippen LogP contribution in [0.4, 0.5) is 0 Å². The van der Waals surface area contributed by atoms with E-state index in [4.69, 9.17) is 5.11 Å². The smallest absolute Gasteiger partial charge is 0.185 e. The molecule has 0 aliphatic rings. The van der Waals surface area contributed by atoms with Crippen molar-refractivity contribution in [2.24, 2.45) is 0 Å². The first-order valence-electron chi connectivity index (χ1n) is 6.22. The molecule has 0 aliphatic carbocycles. The summed E-state index contributed by atoms with van der Waals surface area (Å²) in [7, 11) is 0. The Kier molecular flexibility index (Phi) is 2.80. The van der Waals surface area contributed by atoms with Crippen LogP contribution in [0.1, 0.15) is 22.5 Å². The SMILES string of the molecule is Cc1cnc(C(=O)CCO)c2[nH]c3ccccc3c12. The summed E-state index contributed by atoms with van der Waals surface area (Å²) < 4.78 is 0. The lowest BCUT2D eigenvalue weighted by molar-refractivity contribution is 0.0953. The number of aromatic amines is 1. The Morgan fingerprint density at radius 3 is 2.95 bits per heavy atom. The summed E-state index contributed by atoms with van der Waals surface area (Å²) in [5.74, 6) is -0.140. The number of pyridine rings is 1. The summed E-state index contributed by atoms with van der Waals surface area (Å²) in [6, 6.07) is 7.94. The third-order valence-corrected chi connectivity index (χ3v) is 3.33. The highest BCUT2D eigenvalue weighted by Gasteiger charge is 2.16. The zero-order valence-corrected chi connectivity index (χ0v) is 10.6. The number of H-pyrrole nitrogens is 1. The molecule has 3 aromatic rings. The van der Waals surface area contributed by atoms with E-state index in [2.05, 4.69) is 9.97 Å². The number of fused-ring (bicyclic) bond motifs is 3. The van der Waals surface area contributed by atoms with Gasteiger partial charge in [-0.25, -0.2) is 0 Å². The third kappa shape index (κ3) is 1.81. The quantitative estimate of drug-likeness (QED) is 0.706. The Morgan fingerprint density at radius 1 is 1.37 bits per heavy atom. The van der Waals surface area contributed by atoms with Gasteiger partial charge in [-0.15, -0.1) is 0 Å². The Bertz CT molecular complexity index is 774. The number of nitrogens with one attached hydrogen (secondary N) is 1. The molecule has 0 saturated heterocycles. The molecule has 2 N–H and O–H groups in total. The molecule has 19 heavy (non-hydrogen) atoms. The molecule has 0 radical (unpaired) electrons. The van der Waals surface area contributed by atoms with E-state index in [1.54, 1.807) is 6.20 Å². The van der Waals surface area contributed by atoms with Crippen LogP contribution in [0.3, 0.4) is 0 Å². The van der Waals surface area contributed by atoms with Crippen LogP contribution in [0.25, 0.3) is 21.8 Å². The molecule has 2 aromatic heterocycles. The summed E-state index contributed by atoms with van der Waals surface area (Å²) in [5, 5.41) is 11.0. The largest absolute Gasteiger partial charge is 0.396 e. The summed E-state index contributed by atoms with van der Waals surface area (Å²) in [4.78, 5) is 19.5. The van der Waals surface area contributed by atoms with Gasteiger partial charge in [0.2, 0.25) is 0 Å². The van der Waals surface area contributed by atoms with Gasteiger partial charge >= 0.3 is 0 Å². The molecule has 0 bridgehead atoms. The van der Waals surface area contributed by atoms with Crippen LogP contribution in [0.15, 0.2) is 30.5 Å². The van der Waals surface area contributed by atoms with Crippen molar-refractivity contribution in [3.63, 3.8) is 0 Å². The first-order valence-corrected chi connectivity index (χ1v) is 6.22. The zero-order valence-electron chi connectivity index (χ0n) is 10.6. The Morgan fingerprint density at radius 2 is 2.16 bits per heavy atom. The van der Waals surface area contributed by atoms with Gasteiger partial charge in [0.15, 0.2) is 5.78 Å². The monoisotopic (exact) mass is 254 g/mol. The van der Waals surface area contributed by atoms with Gasteiger partial charge in [-0.1, -0.05) is 18.2 Å². The predicted octanol–water partition coefficient (Wildman–Crippen LogP) is 2.59. The first-order chi connectivity index (χ1) is 9.22. The maximum Gasteiger partial charge on any atom is 0.185 e. The van der Waals surface area contributed by atoms with Crippen molar-refractivity contribution in [1.82, 2.24) is 9.97 Å². The second-order valence-electron chi connectivity index (χ2n) is 4.61. The van der Waals surface area contributed by atoms with Gasteiger partial charge in [-0.2, -0.15) is 0 Å². The molecule has 4 nitrogen and oxygen atoms in total. The predicted molar refractivity (Wildman–Crippen MR) is 74.4 cm³/mol. The van der Waals surface area contributed by atoms with E-state index in [1.807, 2.05) is 31.2 Å². The Balaban J connectivity index is 2.37. The summed E-state index contributed by atoms with van der Waals surface area (Å²) >= 11 is 0. The topological polar surface area (TPSA) is 66.0 Å². The average Bonchev–Trinajstić information content (AvgIpc) is 2.79. The lowest BCUT2D eigenvalue weighted by Gasteiger charge is -2.02. The van der Waals surface area contributed by atoms with Crippen molar-refractivity contribution in [3.8, 4) is 0 Å². The number of aliphatic hydroxyl groups excluding tert-OH is 1. The van der Waals surface area contributed by atoms with E-state index in [0.717, 1.165) is 27.4 Å². The number of carbonyl (C=O) groups is 1. The van der Waals surface area contributed by atoms with Crippen molar-refractivity contribution < 1.29 is 9.90 Å². The molecular weight excluding hydrogens is 240 g/mol. The molecule has 96 valence electrons. The van der Waals surface area contributed by atoms with Crippen molar-refractivity contribution in [1.29, 1.82) is 0 Å². The Hall–Kier alpha value is -2.20. The maximum atomic E-state index is 12.0. The minimum absolute atomic E-state index is 0.0977. The van der Waals surface area contributed by atoms with Gasteiger partial charge in [-0.3, -0.25) is 9.78 Å². The number of Topliss-reactive ketones (excluding diaryl/α,β-unsaturated/α-hetero) is 1. The van der Waals surface area contributed by atoms with Crippen LogP contribution in [0.5, 0.6) is 0 Å². The molecule has 0 unspecified atom stereocenters. The van der Waals surface area contributed by atoms with E-state index < -0.39 is 0 Å². The molecule has 3 rings (SSSR count). The van der Waals surface area contributed by atoms with E-state index in [0.29, 0.717) is 5.69 Å². The van der Waals surface area contributed by atoms with E-state index in [-0.39, 0.29) is 18.8 Å². The molecule has 0 amide bonds. The number of hydrogen-bond donors (Lipinski definition) is 2. The lowest BCUT2D eigenvalue weighted by Crippen LogP contribution is -2.05. The number of nitrogens with zero attached hydrogens (tertiary/aromatic N) is 1. The van der Waals surface area contributed by atoms with Crippen molar-refractivity contribution >= 4 is 27.6 Å². The number of ketones is 1. The fourth-order valence-electron chi connectivity index (χ4n) is 2.45. The third-order valence-electron chi connectivity index (χ3n) is 3.33. The summed E-state index contributed by atoms with van der Waals surface area (Å²) in [6.45, 7) is 1.83. The number of carbonyl (C=O) groups excluding carboxylic acids is 1. The van der Waals surface area contributed by atoms with Crippen LogP contribution in [-0.2, 0) is 0 Å². The van der Waals surface area contributed by atoms with Crippen molar-refractivity contribution in [2.75, 3.05) is 6.61 Å². The minimum Gasteiger partial charge on any atom is -0.396 e. The van der Waals surface area contributed by atoms with Gasteiger partial charge in [0, 0.05) is 28.9 Å².